The van der Waals surface area contributed by atoms with Gasteiger partial charge in [0, 0.05) is 12.6 Å². The van der Waals surface area contributed by atoms with Crippen LogP contribution in [0.25, 0.3) is 11.1 Å². The van der Waals surface area contributed by atoms with Gasteiger partial charge in [-0.15, -0.1) is 0 Å². The molecule has 0 radical (unpaired) electrons. The van der Waals surface area contributed by atoms with Crippen molar-refractivity contribution in [1.82, 2.24) is 9.78 Å². The van der Waals surface area contributed by atoms with Crippen molar-refractivity contribution in [2.75, 3.05) is 12.5 Å². The molecule has 3 rings (SSSR count). The number of ether oxygens (including phenoxy) is 2. The van der Waals surface area contributed by atoms with Gasteiger partial charge in [-0.3, -0.25) is 4.68 Å². The topological polar surface area (TPSA) is 62.3 Å². The number of aromatic nitrogens is 2. The van der Waals surface area contributed by atoms with E-state index < -0.39 is 0 Å². The van der Waals surface area contributed by atoms with E-state index in [1.54, 1.807) is 10.9 Å². The first-order valence-electron chi connectivity index (χ1n) is 5.35. The van der Waals surface area contributed by atoms with Crippen molar-refractivity contribution in [3.63, 3.8) is 0 Å². The monoisotopic (exact) mass is 231 g/mol. The smallest absolute Gasteiger partial charge is 0.231 e. The maximum absolute atomic E-state index is 5.98. The lowest BCUT2D eigenvalue weighted by molar-refractivity contribution is 0.174. The summed E-state index contributed by atoms with van der Waals surface area (Å²) in [6.07, 6.45) is 1.76. The summed E-state index contributed by atoms with van der Waals surface area (Å²) >= 11 is 0. The highest BCUT2D eigenvalue weighted by molar-refractivity contribution is 5.78. The molecule has 2 aromatic rings. The first-order valence-corrected chi connectivity index (χ1v) is 5.35. The summed E-state index contributed by atoms with van der Waals surface area (Å²) in [4.78, 5) is 0. The van der Waals surface area contributed by atoms with E-state index in [0.717, 1.165) is 28.2 Å². The van der Waals surface area contributed by atoms with Gasteiger partial charge in [-0.25, -0.2) is 0 Å². The predicted octanol–water partition coefficient (Wildman–Crippen LogP) is 1.71. The van der Waals surface area contributed by atoms with E-state index >= 15 is 0 Å². The summed E-state index contributed by atoms with van der Waals surface area (Å²) in [5.74, 6) is 2.19. The molecule has 5 heteroatoms. The van der Waals surface area contributed by atoms with Crippen molar-refractivity contribution < 1.29 is 9.47 Å². The van der Waals surface area contributed by atoms with Crippen molar-refractivity contribution in [2.45, 2.75) is 6.92 Å². The highest BCUT2D eigenvalue weighted by Gasteiger charge is 2.18. The fourth-order valence-corrected chi connectivity index (χ4v) is 1.99. The second-order valence-electron chi connectivity index (χ2n) is 4.09. The zero-order valence-corrected chi connectivity index (χ0v) is 9.73. The number of benzene rings is 1. The normalized spacial score (nSPS) is 13.1. The molecule has 2 N–H and O–H groups in total. The number of hydrogen-bond acceptors (Lipinski definition) is 4. The van der Waals surface area contributed by atoms with Crippen LogP contribution in [0.5, 0.6) is 11.5 Å². The summed E-state index contributed by atoms with van der Waals surface area (Å²) in [7, 11) is 1.82. The predicted molar refractivity (Wildman–Crippen MR) is 63.9 cm³/mol. The Morgan fingerprint density at radius 1 is 1.24 bits per heavy atom. The second-order valence-corrected chi connectivity index (χ2v) is 4.09. The fraction of sp³-hybridized carbons (Fsp3) is 0.250. The molecule has 0 unspecified atom stereocenters. The molecule has 17 heavy (non-hydrogen) atoms. The second kappa shape index (κ2) is 3.41. The van der Waals surface area contributed by atoms with Crippen molar-refractivity contribution in [3.05, 3.63) is 23.9 Å². The summed E-state index contributed by atoms with van der Waals surface area (Å²) in [5, 5.41) is 4.15. The lowest BCUT2D eigenvalue weighted by Crippen LogP contribution is -1.98. The standard InChI is InChI=1S/C12H13N3O2/c1-7-3-10-11(17-6-16-10)4-8(7)9-5-14-15(2)12(9)13/h3-5H,6,13H2,1-2H3. The van der Waals surface area contributed by atoms with Crippen LogP contribution in [0, 0.1) is 6.92 Å². The molecule has 88 valence electrons. The van der Waals surface area contributed by atoms with Crippen LogP contribution >= 0.6 is 0 Å². The first-order chi connectivity index (χ1) is 8.16. The van der Waals surface area contributed by atoms with Gasteiger partial charge >= 0.3 is 0 Å². The molecule has 1 aliphatic rings. The zero-order chi connectivity index (χ0) is 12.0. The fourth-order valence-electron chi connectivity index (χ4n) is 1.99. The van der Waals surface area contributed by atoms with Crippen LogP contribution in [0.1, 0.15) is 5.56 Å². The Kier molecular flexibility index (Phi) is 2.01. The number of aryl methyl sites for hydroxylation is 2. The van der Waals surface area contributed by atoms with E-state index in [4.69, 9.17) is 15.2 Å². The van der Waals surface area contributed by atoms with Gasteiger partial charge in [0.1, 0.15) is 5.82 Å². The molecule has 0 atom stereocenters. The number of nitrogen functional groups attached to an aromatic ring is 1. The minimum atomic E-state index is 0.279. The Hall–Kier alpha value is -2.17. The molecule has 0 spiro atoms. The van der Waals surface area contributed by atoms with Crippen LogP contribution < -0.4 is 15.2 Å². The number of nitrogens with two attached hydrogens (primary N) is 1. The van der Waals surface area contributed by atoms with E-state index in [1.807, 2.05) is 26.1 Å². The molecule has 0 amide bonds. The Labute approximate surface area is 98.8 Å². The molecule has 2 heterocycles. The molecule has 1 aliphatic heterocycles. The lowest BCUT2D eigenvalue weighted by Gasteiger charge is -2.07. The van der Waals surface area contributed by atoms with Gasteiger partial charge in [0.2, 0.25) is 6.79 Å². The van der Waals surface area contributed by atoms with Gasteiger partial charge in [-0.2, -0.15) is 5.10 Å². The quantitative estimate of drug-likeness (QED) is 0.811. The number of nitrogens with zero attached hydrogens (tertiary/aromatic N) is 2. The Morgan fingerprint density at radius 3 is 2.59 bits per heavy atom. The Balaban J connectivity index is 2.18. The molecule has 0 bridgehead atoms. The number of rotatable bonds is 1. The maximum Gasteiger partial charge on any atom is 0.231 e. The largest absolute Gasteiger partial charge is 0.454 e. The molecule has 5 nitrogen and oxygen atoms in total. The molecule has 1 aromatic heterocycles. The average molecular weight is 231 g/mol. The molecule has 0 saturated heterocycles. The van der Waals surface area contributed by atoms with Crippen LogP contribution in [0.3, 0.4) is 0 Å². The van der Waals surface area contributed by atoms with Crippen molar-refractivity contribution in [1.29, 1.82) is 0 Å². The third kappa shape index (κ3) is 1.43. The molecule has 0 aliphatic carbocycles. The molecular formula is C12H13N3O2. The summed E-state index contributed by atoms with van der Waals surface area (Å²) in [6.45, 7) is 2.30. The van der Waals surface area contributed by atoms with Crippen LogP contribution in [0.2, 0.25) is 0 Å². The highest BCUT2D eigenvalue weighted by atomic mass is 16.7. The lowest BCUT2D eigenvalue weighted by atomic mass is 10.0. The third-order valence-electron chi connectivity index (χ3n) is 2.99. The SMILES string of the molecule is Cc1cc2c(cc1-c1cnn(C)c1N)OCO2. The summed E-state index contributed by atoms with van der Waals surface area (Å²) < 4.78 is 12.4. The molecular weight excluding hydrogens is 218 g/mol. The highest BCUT2D eigenvalue weighted by Crippen LogP contribution is 2.39. The minimum Gasteiger partial charge on any atom is -0.454 e. The summed E-state index contributed by atoms with van der Waals surface area (Å²) in [6, 6.07) is 3.91. The van der Waals surface area contributed by atoms with Crippen molar-refractivity contribution >= 4 is 5.82 Å². The van der Waals surface area contributed by atoms with Gasteiger partial charge in [0.25, 0.3) is 0 Å². The van der Waals surface area contributed by atoms with E-state index in [1.165, 1.54) is 0 Å². The van der Waals surface area contributed by atoms with E-state index in [0.29, 0.717) is 5.82 Å². The van der Waals surface area contributed by atoms with E-state index in [9.17, 15) is 0 Å². The van der Waals surface area contributed by atoms with Crippen LogP contribution in [-0.4, -0.2) is 16.6 Å². The number of hydrogen-bond donors (Lipinski definition) is 1. The molecule has 0 saturated carbocycles. The number of anilines is 1. The minimum absolute atomic E-state index is 0.279. The Bertz CT molecular complexity index is 590. The number of fused-ring (bicyclic) bond motifs is 1. The first kappa shape index (κ1) is 10.0. The van der Waals surface area contributed by atoms with Gasteiger partial charge in [-0.1, -0.05) is 0 Å². The Morgan fingerprint density at radius 2 is 1.94 bits per heavy atom. The van der Waals surface area contributed by atoms with Gasteiger partial charge in [0.15, 0.2) is 11.5 Å². The van der Waals surface area contributed by atoms with E-state index in [-0.39, 0.29) is 6.79 Å². The van der Waals surface area contributed by atoms with Crippen LogP contribution in [0.4, 0.5) is 5.82 Å². The molecule has 1 aromatic carbocycles. The van der Waals surface area contributed by atoms with Gasteiger partial charge in [0.05, 0.1) is 6.20 Å². The van der Waals surface area contributed by atoms with Gasteiger partial charge < -0.3 is 15.2 Å². The van der Waals surface area contributed by atoms with Crippen molar-refractivity contribution in [3.8, 4) is 22.6 Å². The maximum atomic E-state index is 5.98. The molecule has 0 fully saturated rings. The van der Waals surface area contributed by atoms with Crippen molar-refractivity contribution in [2.24, 2.45) is 7.05 Å². The van der Waals surface area contributed by atoms with Crippen LogP contribution in [-0.2, 0) is 7.05 Å². The summed E-state index contributed by atoms with van der Waals surface area (Å²) in [5.41, 5.74) is 9.02. The average Bonchev–Trinajstić information content (AvgIpc) is 2.86. The zero-order valence-electron chi connectivity index (χ0n) is 9.73. The van der Waals surface area contributed by atoms with Gasteiger partial charge in [-0.05, 0) is 30.2 Å². The third-order valence-corrected chi connectivity index (χ3v) is 2.99. The van der Waals surface area contributed by atoms with E-state index in [2.05, 4.69) is 5.10 Å². The van der Waals surface area contributed by atoms with Crippen LogP contribution in [0.15, 0.2) is 18.3 Å².